The third kappa shape index (κ3) is 4.21. The summed E-state index contributed by atoms with van der Waals surface area (Å²) in [6.07, 6.45) is 0. The monoisotopic (exact) mass is 361 g/mol. The van der Waals surface area contributed by atoms with Gasteiger partial charge in [0.25, 0.3) is 15.7 Å². The first-order chi connectivity index (χ1) is 11.6. The van der Waals surface area contributed by atoms with Gasteiger partial charge in [-0.2, -0.15) is 18.4 Å². The van der Waals surface area contributed by atoms with E-state index in [9.17, 15) is 18.5 Å². The van der Waals surface area contributed by atoms with Crippen molar-refractivity contribution in [2.75, 3.05) is 0 Å². The van der Waals surface area contributed by atoms with Crippen molar-refractivity contribution >= 4 is 21.4 Å². The zero-order valence-electron chi connectivity index (χ0n) is 14.4. The molecule has 0 saturated carbocycles. The maximum atomic E-state index is 12.3. The molecule has 0 amide bonds. The summed E-state index contributed by atoms with van der Waals surface area (Å²) in [7, 11) is -4.00. The SMILES string of the molecule is CC(=NNS(=O)(=O)c1ccc(C)c([N+](=O)[O-])c1)c1ccc(C)c(C)c1. The fourth-order valence-electron chi connectivity index (χ4n) is 2.17. The van der Waals surface area contributed by atoms with E-state index < -0.39 is 14.9 Å². The molecular formula is C17H19N3O4S. The summed E-state index contributed by atoms with van der Waals surface area (Å²) >= 11 is 0. The van der Waals surface area contributed by atoms with Gasteiger partial charge in [0.15, 0.2) is 0 Å². The highest BCUT2D eigenvalue weighted by atomic mass is 32.2. The lowest BCUT2D eigenvalue weighted by molar-refractivity contribution is -0.385. The zero-order valence-corrected chi connectivity index (χ0v) is 15.2. The Morgan fingerprint density at radius 2 is 1.68 bits per heavy atom. The summed E-state index contributed by atoms with van der Waals surface area (Å²) in [6, 6.07) is 9.43. The Labute approximate surface area is 146 Å². The van der Waals surface area contributed by atoms with Crippen molar-refractivity contribution < 1.29 is 13.3 Å². The molecule has 1 N–H and O–H groups in total. The lowest BCUT2D eigenvalue weighted by Crippen LogP contribution is -2.20. The van der Waals surface area contributed by atoms with E-state index in [4.69, 9.17) is 0 Å². The molecule has 0 saturated heterocycles. The van der Waals surface area contributed by atoms with Crippen LogP contribution in [-0.4, -0.2) is 19.1 Å². The minimum atomic E-state index is -4.00. The average molecular weight is 361 g/mol. The highest BCUT2D eigenvalue weighted by Crippen LogP contribution is 2.22. The maximum absolute atomic E-state index is 12.3. The predicted octanol–water partition coefficient (Wildman–Crippen LogP) is 3.22. The number of aryl methyl sites for hydroxylation is 3. The number of benzene rings is 2. The Hall–Kier alpha value is -2.74. The van der Waals surface area contributed by atoms with Gasteiger partial charge in [-0.15, -0.1) is 0 Å². The van der Waals surface area contributed by atoms with E-state index in [0.717, 1.165) is 22.8 Å². The lowest BCUT2D eigenvalue weighted by Gasteiger charge is -2.07. The number of hydrazone groups is 1. The Morgan fingerprint density at radius 3 is 2.28 bits per heavy atom. The van der Waals surface area contributed by atoms with Crippen LogP contribution in [0.15, 0.2) is 46.4 Å². The van der Waals surface area contributed by atoms with E-state index in [0.29, 0.717) is 11.3 Å². The van der Waals surface area contributed by atoms with Crippen molar-refractivity contribution in [1.29, 1.82) is 0 Å². The molecule has 0 unspecified atom stereocenters. The number of nitro benzene ring substituents is 1. The summed E-state index contributed by atoms with van der Waals surface area (Å²) in [5.41, 5.74) is 3.62. The Balaban J connectivity index is 2.30. The van der Waals surface area contributed by atoms with Crippen LogP contribution >= 0.6 is 0 Å². The van der Waals surface area contributed by atoms with Gasteiger partial charge in [0.1, 0.15) is 0 Å². The Bertz CT molecular complexity index is 966. The molecule has 0 atom stereocenters. The van der Waals surface area contributed by atoms with Crippen LogP contribution in [0, 0.1) is 30.9 Å². The van der Waals surface area contributed by atoms with E-state index in [1.165, 1.54) is 12.1 Å². The first kappa shape index (κ1) is 18.6. The van der Waals surface area contributed by atoms with Crippen molar-refractivity contribution in [3.8, 4) is 0 Å². The highest BCUT2D eigenvalue weighted by Gasteiger charge is 2.19. The first-order valence-electron chi connectivity index (χ1n) is 7.50. The molecular weight excluding hydrogens is 342 g/mol. The van der Waals surface area contributed by atoms with E-state index in [-0.39, 0.29) is 10.6 Å². The maximum Gasteiger partial charge on any atom is 0.276 e. The summed E-state index contributed by atoms with van der Waals surface area (Å²) in [4.78, 5) is 12.3. The van der Waals surface area contributed by atoms with Crippen molar-refractivity contribution in [2.24, 2.45) is 5.10 Å². The van der Waals surface area contributed by atoms with Gasteiger partial charge in [0.05, 0.1) is 15.5 Å². The van der Waals surface area contributed by atoms with Crippen LogP contribution in [0.25, 0.3) is 0 Å². The summed E-state index contributed by atoms with van der Waals surface area (Å²) in [6.45, 7) is 7.18. The largest absolute Gasteiger partial charge is 0.276 e. The van der Waals surface area contributed by atoms with Crippen molar-refractivity contribution in [2.45, 2.75) is 32.6 Å². The third-order valence-electron chi connectivity index (χ3n) is 3.95. The minimum Gasteiger partial charge on any atom is -0.258 e. The second-order valence-electron chi connectivity index (χ2n) is 5.80. The second-order valence-corrected chi connectivity index (χ2v) is 7.46. The fourth-order valence-corrected chi connectivity index (χ4v) is 3.04. The average Bonchev–Trinajstić information content (AvgIpc) is 2.55. The molecule has 0 heterocycles. The quantitative estimate of drug-likeness (QED) is 0.502. The van der Waals surface area contributed by atoms with Crippen molar-refractivity contribution in [3.63, 3.8) is 0 Å². The van der Waals surface area contributed by atoms with Gasteiger partial charge in [-0.25, -0.2) is 0 Å². The molecule has 0 spiro atoms. The number of nitrogens with one attached hydrogen (secondary N) is 1. The molecule has 0 aromatic heterocycles. The van der Waals surface area contributed by atoms with Crippen molar-refractivity contribution in [1.82, 2.24) is 4.83 Å². The standard InChI is InChI=1S/C17H19N3O4S/c1-11-5-7-15(9-13(11)3)14(4)18-19-25(23,24)16-8-6-12(2)17(10-16)20(21)22/h5-10,19H,1-4H3. The number of hydrogen-bond donors (Lipinski definition) is 1. The van der Waals surface area contributed by atoms with Gasteiger partial charge in [-0.05, 0) is 56.5 Å². The summed E-state index contributed by atoms with van der Waals surface area (Å²) in [5, 5.41) is 14.9. The molecule has 0 aliphatic rings. The molecule has 0 aliphatic carbocycles. The predicted molar refractivity (Wildman–Crippen MR) is 96.3 cm³/mol. The van der Waals surface area contributed by atoms with Crippen LogP contribution in [0.2, 0.25) is 0 Å². The van der Waals surface area contributed by atoms with E-state index >= 15 is 0 Å². The van der Waals surface area contributed by atoms with E-state index in [2.05, 4.69) is 9.93 Å². The molecule has 8 heteroatoms. The van der Waals surface area contributed by atoms with Gasteiger partial charge in [-0.1, -0.05) is 18.2 Å². The molecule has 2 aromatic rings. The fraction of sp³-hybridized carbons (Fsp3) is 0.235. The highest BCUT2D eigenvalue weighted by molar-refractivity contribution is 7.89. The first-order valence-corrected chi connectivity index (χ1v) is 8.99. The van der Waals surface area contributed by atoms with Crippen LogP contribution in [0.1, 0.15) is 29.2 Å². The number of rotatable bonds is 5. The van der Waals surface area contributed by atoms with Crippen LogP contribution in [0.3, 0.4) is 0 Å². The van der Waals surface area contributed by atoms with Crippen LogP contribution in [0.4, 0.5) is 5.69 Å². The van der Waals surface area contributed by atoms with Crippen LogP contribution in [0.5, 0.6) is 0 Å². The number of hydrogen-bond acceptors (Lipinski definition) is 5. The Morgan fingerprint density at radius 1 is 1.04 bits per heavy atom. The second kappa shape index (κ2) is 7.02. The molecule has 0 aliphatic heterocycles. The summed E-state index contributed by atoms with van der Waals surface area (Å²) in [5.74, 6) is 0. The molecule has 2 rings (SSSR count). The van der Waals surface area contributed by atoms with Gasteiger partial charge in [-0.3, -0.25) is 10.1 Å². The zero-order chi connectivity index (χ0) is 18.8. The summed E-state index contributed by atoms with van der Waals surface area (Å²) < 4.78 is 24.7. The normalized spacial score (nSPS) is 12.1. The molecule has 25 heavy (non-hydrogen) atoms. The number of nitro groups is 1. The number of sulfonamides is 1. The van der Waals surface area contributed by atoms with Gasteiger partial charge in [0, 0.05) is 11.6 Å². The van der Waals surface area contributed by atoms with E-state index in [1.807, 2.05) is 32.0 Å². The Kier molecular flexibility index (Phi) is 5.22. The lowest BCUT2D eigenvalue weighted by atomic mass is 10.0. The topological polar surface area (TPSA) is 102 Å². The van der Waals surface area contributed by atoms with Gasteiger partial charge >= 0.3 is 0 Å². The van der Waals surface area contributed by atoms with Gasteiger partial charge < -0.3 is 0 Å². The minimum absolute atomic E-state index is 0.207. The molecule has 132 valence electrons. The molecule has 0 fully saturated rings. The van der Waals surface area contributed by atoms with Crippen LogP contribution < -0.4 is 4.83 Å². The van der Waals surface area contributed by atoms with Gasteiger partial charge in [0.2, 0.25) is 0 Å². The van der Waals surface area contributed by atoms with E-state index in [1.54, 1.807) is 13.8 Å². The smallest absolute Gasteiger partial charge is 0.258 e. The molecule has 0 bridgehead atoms. The van der Waals surface area contributed by atoms with Crippen LogP contribution in [-0.2, 0) is 10.0 Å². The van der Waals surface area contributed by atoms with Crippen molar-refractivity contribution in [3.05, 3.63) is 68.8 Å². The molecule has 2 aromatic carbocycles. The number of nitrogens with zero attached hydrogens (tertiary/aromatic N) is 2. The molecule has 7 nitrogen and oxygen atoms in total. The molecule has 0 radical (unpaired) electrons. The third-order valence-corrected chi connectivity index (χ3v) is 5.15.